The fourth-order valence-electron chi connectivity index (χ4n) is 2.01. The zero-order valence-corrected chi connectivity index (χ0v) is 11.1. The number of fused-ring (bicyclic) bond motifs is 1. The van der Waals surface area contributed by atoms with Crippen LogP contribution < -0.4 is 11.1 Å². The maximum atomic E-state index is 8.89. The molecule has 0 bridgehead atoms. The molecule has 98 valence electrons. The largest absolute Gasteiger partial charge is 0.439 e. The standard InChI is InChI=1S/C15H10ClN3O/c16-11-3-1-2-4-12(11)19-14-10-6-5-9(8-17)7-13(10)20-15(14)18/h1-7,19H,18H2. The molecule has 0 fully saturated rings. The molecule has 0 unspecified atom stereocenters. The summed E-state index contributed by atoms with van der Waals surface area (Å²) in [6.07, 6.45) is 0. The van der Waals surface area contributed by atoms with Crippen molar-refractivity contribution < 1.29 is 4.42 Å². The Morgan fingerprint density at radius 1 is 1.20 bits per heavy atom. The van der Waals surface area contributed by atoms with Gasteiger partial charge in [-0.05, 0) is 30.3 Å². The summed E-state index contributed by atoms with van der Waals surface area (Å²) in [5, 5.41) is 13.5. The van der Waals surface area contributed by atoms with E-state index in [1.165, 1.54) is 0 Å². The zero-order valence-electron chi connectivity index (χ0n) is 10.4. The number of hydrogen-bond donors (Lipinski definition) is 2. The van der Waals surface area contributed by atoms with Gasteiger partial charge in [-0.3, -0.25) is 0 Å². The Morgan fingerprint density at radius 2 is 2.00 bits per heavy atom. The molecule has 3 aromatic rings. The van der Waals surface area contributed by atoms with Crippen LogP contribution in [0.15, 0.2) is 46.9 Å². The maximum absolute atomic E-state index is 8.89. The van der Waals surface area contributed by atoms with E-state index in [0.717, 1.165) is 11.1 Å². The van der Waals surface area contributed by atoms with Crippen molar-refractivity contribution in [1.29, 1.82) is 5.26 Å². The van der Waals surface area contributed by atoms with E-state index in [1.54, 1.807) is 24.3 Å². The van der Waals surface area contributed by atoms with Crippen LogP contribution >= 0.6 is 11.6 Å². The normalized spacial score (nSPS) is 10.4. The highest BCUT2D eigenvalue weighted by Crippen LogP contribution is 2.37. The van der Waals surface area contributed by atoms with Crippen molar-refractivity contribution in [3.63, 3.8) is 0 Å². The monoisotopic (exact) mass is 283 g/mol. The molecule has 1 heterocycles. The van der Waals surface area contributed by atoms with Crippen molar-refractivity contribution >= 4 is 39.8 Å². The van der Waals surface area contributed by atoms with Gasteiger partial charge >= 0.3 is 0 Å². The molecule has 0 aliphatic rings. The van der Waals surface area contributed by atoms with Crippen LogP contribution in [0.25, 0.3) is 11.0 Å². The predicted molar refractivity (Wildman–Crippen MR) is 80.1 cm³/mol. The summed E-state index contributed by atoms with van der Waals surface area (Å²) in [5.74, 6) is 0.259. The molecule has 4 nitrogen and oxygen atoms in total. The van der Waals surface area contributed by atoms with Crippen LogP contribution in [0.4, 0.5) is 17.3 Å². The summed E-state index contributed by atoms with van der Waals surface area (Å²) in [5.41, 5.74) is 8.37. The van der Waals surface area contributed by atoms with Gasteiger partial charge in [0.15, 0.2) is 0 Å². The van der Waals surface area contributed by atoms with E-state index >= 15 is 0 Å². The van der Waals surface area contributed by atoms with E-state index in [0.29, 0.717) is 21.9 Å². The van der Waals surface area contributed by atoms with Crippen molar-refractivity contribution in [2.45, 2.75) is 0 Å². The third kappa shape index (κ3) is 2.04. The molecular weight excluding hydrogens is 274 g/mol. The molecule has 0 saturated heterocycles. The number of nitrogens with two attached hydrogens (primary N) is 1. The van der Waals surface area contributed by atoms with Crippen molar-refractivity contribution in [3.8, 4) is 6.07 Å². The molecule has 1 aromatic heterocycles. The Bertz CT molecular complexity index is 833. The fourth-order valence-corrected chi connectivity index (χ4v) is 2.19. The zero-order chi connectivity index (χ0) is 14.1. The molecule has 5 heteroatoms. The lowest BCUT2D eigenvalue weighted by Gasteiger charge is -2.07. The average molecular weight is 284 g/mol. The van der Waals surface area contributed by atoms with Gasteiger partial charge < -0.3 is 15.5 Å². The van der Waals surface area contributed by atoms with Gasteiger partial charge in [0.25, 0.3) is 0 Å². The molecule has 0 radical (unpaired) electrons. The van der Waals surface area contributed by atoms with Crippen LogP contribution in [0.5, 0.6) is 0 Å². The number of nitrogen functional groups attached to an aromatic ring is 1. The first-order valence-electron chi connectivity index (χ1n) is 5.92. The molecule has 2 aromatic carbocycles. The lowest BCUT2D eigenvalue weighted by molar-refractivity contribution is 0.638. The van der Waals surface area contributed by atoms with Crippen molar-refractivity contribution in [2.24, 2.45) is 0 Å². The van der Waals surface area contributed by atoms with Gasteiger partial charge in [-0.15, -0.1) is 0 Å². The molecular formula is C15H10ClN3O. The topological polar surface area (TPSA) is 75.0 Å². The SMILES string of the molecule is N#Cc1ccc2c(Nc3ccccc3Cl)c(N)oc2c1. The number of rotatable bonds is 2. The van der Waals surface area contributed by atoms with Crippen molar-refractivity contribution in [1.82, 2.24) is 0 Å². The molecule has 20 heavy (non-hydrogen) atoms. The van der Waals surface area contributed by atoms with Gasteiger partial charge in [0.2, 0.25) is 5.88 Å². The smallest absolute Gasteiger partial charge is 0.215 e. The van der Waals surface area contributed by atoms with Gasteiger partial charge in [-0.2, -0.15) is 5.26 Å². The first-order chi connectivity index (χ1) is 9.69. The van der Waals surface area contributed by atoms with Crippen molar-refractivity contribution in [2.75, 3.05) is 11.1 Å². The average Bonchev–Trinajstić information content (AvgIpc) is 2.76. The van der Waals surface area contributed by atoms with E-state index in [4.69, 9.17) is 27.0 Å². The number of nitriles is 1. The Kier molecular flexibility index (Phi) is 2.97. The third-order valence-corrected chi connectivity index (χ3v) is 3.31. The van der Waals surface area contributed by atoms with E-state index < -0.39 is 0 Å². The summed E-state index contributed by atoms with van der Waals surface area (Å²) in [6.45, 7) is 0. The van der Waals surface area contributed by atoms with Gasteiger partial charge in [0.05, 0.1) is 22.3 Å². The minimum Gasteiger partial charge on any atom is -0.439 e. The van der Waals surface area contributed by atoms with E-state index in [9.17, 15) is 0 Å². The first-order valence-corrected chi connectivity index (χ1v) is 6.30. The third-order valence-electron chi connectivity index (χ3n) is 2.98. The summed E-state index contributed by atoms with van der Waals surface area (Å²) in [4.78, 5) is 0. The number of hydrogen-bond acceptors (Lipinski definition) is 4. The van der Waals surface area contributed by atoms with E-state index in [-0.39, 0.29) is 5.88 Å². The van der Waals surface area contributed by atoms with Crippen molar-refractivity contribution in [3.05, 3.63) is 53.1 Å². The highest BCUT2D eigenvalue weighted by atomic mass is 35.5. The summed E-state index contributed by atoms with van der Waals surface area (Å²) in [6, 6.07) is 14.6. The molecule has 3 N–H and O–H groups in total. The molecule has 0 atom stereocenters. The Balaban J connectivity index is 2.10. The number of halogens is 1. The number of anilines is 3. The molecule has 0 saturated carbocycles. The number of benzene rings is 2. The lowest BCUT2D eigenvalue weighted by atomic mass is 10.1. The fraction of sp³-hybridized carbons (Fsp3) is 0. The second kappa shape index (κ2) is 4.80. The van der Waals surface area contributed by atoms with Crippen LogP contribution in [0, 0.1) is 11.3 Å². The second-order valence-corrected chi connectivity index (χ2v) is 4.68. The highest BCUT2D eigenvalue weighted by Gasteiger charge is 2.13. The van der Waals surface area contributed by atoms with Crippen LogP contribution in [0.2, 0.25) is 5.02 Å². The second-order valence-electron chi connectivity index (χ2n) is 4.27. The number of para-hydroxylation sites is 1. The van der Waals surface area contributed by atoms with Gasteiger partial charge in [-0.1, -0.05) is 23.7 Å². The van der Waals surface area contributed by atoms with Crippen LogP contribution in [0.1, 0.15) is 5.56 Å². The van der Waals surface area contributed by atoms with Gasteiger partial charge in [0, 0.05) is 5.39 Å². The predicted octanol–water partition coefficient (Wildman–Crippen LogP) is 4.28. The van der Waals surface area contributed by atoms with E-state index in [2.05, 4.69) is 11.4 Å². The number of furan rings is 1. The molecule has 3 rings (SSSR count). The van der Waals surface area contributed by atoms with E-state index in [1.807, 2.05) is 18.2 Å². The van der Waals surface area contributed by atoms with Crippen LogP contribution in [0.3, 0.4) is 0 Å². The van der Waals surface area contributed by atoms with Gasteiger partial charge in [-0.25, -0.2) is 0 Å². The summed E-state index contributed by atoms with van der Waals surface area (Å²) >= 11 is 6.12. The molecule has 0 aliphatic carbocycles. The first kappa shape index (κ1) is 12.4. The lowest BCUT2D eigenvalue weighted by Crippen LogP contribution is -1.93. The summed E-state index contributed by atoms with van der Waals surface area (Å²) in [7, 11) is 0. The quantitative estimate of drug-likeness (QED) is 0.736. The minimum absolute atomic E-state index is 0.259. The number of nitrogens with zero attached hydrogens (tertiary/aromatic N) is 1. The Hall–Kier alpha value is -2.64. The highest BCUT2D eigenvalue weighted by molar-refractivity contribution is 6.33. The molecule has 0 amide bonds. The minimum atomic E-state index is 0.259. The Morgan fingerprint density at radius 3 is 2.75 bits per heavy atom. The Labute approximate surface area is 120 Å². The molecule has 0 spiro atoms. The molecule has 0 aliphatic heterocycles. The van der Waals surface area contributed by atoms with Gasteiger partial charge in [0.1, 0.15) is 11.3 Å². The number of nitrogens with one attached hydrogen (secondary N) is 1. The van der Waals surface area contributed by atoms with Crippen LogP contribution in [-0.4, -0.2) is 0 Å². The summed E-state index contributed by atoms with van der Waals surface area (Å²) < 4.78 is 5.47. The maximum Gasteiger partial charge on any atom is 0.215 e. The van der Waals surface area contributed by atoms with Crippen LogP contribution in [-0.2, 0) is 0 Å².